The minimum absolute atomic E-state index is 0.0486. The molecule has 0 aromatic heterocycles. The van der Waals surface area contributed by atoms with Crippen molar-refractivity contribution in [3.05, 3.63) is 0 Å². The van der Waals surface area contributed by atoms with Gasteiger partial charge in [-0.05, 0) is 32.6 Å². The summed E-state index contributed by atoms with van der Waals surface area (Å²) in [4.78, 5) is 10.0. The van der Waals surface area contributed by atoms with Crippen molar-refractivity contribution < 1.29 is 18.8 Å². The lowest BCUT2D eigenvalue weighted by Gasteiger charge is -2.39. The van der Waals surface area contributed by atoms with Crippen LogP contribution in [0.3, 0.4) is 0 Å². The third kappa shape index (κ3) is 10.9. The van der Waals surface area contributed by atoms with E-state index in [1.807, 2.05) is 0 Å². The largest absolute Gasteiger partial charge is 0.508 e. The molecule has 1 aliphatic rings. The van der Waals surface area contributed by atoms with Gasteiger partial charge >= 0.3 is 6.16 Å². The first-order valence-corrected chi connectivity index (χ1v) is 10.2. The highest BCUT2D eigenvalue weighted by atomic mass is 16.8. The van der Waals surface area contributed by atoms with Crippen LogP contribution in [0.5, 0.6) is 0 Å². The van der Waals surface area contributed by atoms with Gasteiger partial charge in [0.05, 0.1) is 26.2 Å². The van der Waals surface area contributed by atoms with Crippen molar-refractivity contribution in [2.24, 2.45) is 0 Å². The third-order valence-electron chi connectivity index (χ3n) is 4.68. The number of hydrogen-bond donors (Lipinski definition) is 0. The van der Waals surface area contributed by atoms with Crippen LogP contribution >= 0.6 is 0 Å². The van der Waals surface area contributed by atoms with Gasteiger partial charge in [0.2, 0.25) is 0 Å². The predicted octanol–water partition coefficient (Wildman–Crippen LogP) is 5.55. The van der Waals surface area contributed by atoms with Crippen molar-refractivity contribution in [3.8, 4) is 0 Å². The Kier molecular flexibility index (Phi) is 14.1. The summed E-state index contributed by atoms with van der Waals surface area (Å²) in [5.41, 5.74) is 0. The van der Waals surface area contributed by atoms with E-state index in [0.29, 0.717) is 6.61 Å². The number of ether oxygens (including phenoxy) is 2. The van der Waals surface area contributed by atoms with E-state index >= 15 is 0 Å². The van der Waals surface area contributed by atoms with Gasteiger partial charge in [-0.1, -0.05) is 53.4 Å². The maximum atomic E-state index is 10.0. The van der Waals surface area contributed by atoms with Gasteiger partial charge in [-0.15, -0.1) is 0 Å². The highest BCUT2D eigenvalue weighted by Gasteiger charge is 2.24. The van der Waals surface area contributed by atoms with Crippen LogP contribution in [-0.4, -0.2) is 49.5 Å². The molecule has 0 aromatic rings. The van der Waals surface area contributed by atoms with Gasteiger partial charge in [-0.25, -0.2) is 4.79 Å². The van der Waals surface area contributed by atoms with Crippen molar-refractivity contribution in [2.45, 2.75) is 92.1 Å². The van der Waals surface area contributed by atoms with Gasteiger partial charge in [0.25, 0.3) is 0 Å². The molecule has 1 aliphatic heterocycles. The minimum atomic E-state index is -0.549. The van der Waals surface area contributed by atoms with Gasteiger partial charge in [0, 0.05) is 0 Å². The molecule has 24 heavy (non-hydrogen) atoms. The number of hydrogen-bond acceptors (Lipinski definition) is 3. The van der Waals surface area contributed by atoms with E-state index < -0.39 is 6.16 Å². The second kappa shape index (κ2) is 14.6. The number of rotatable bonds is 12. The first kappa shape index (κ1) is 23.2. The number of carbonyl (C=O) groups is 1. The number of cyclic esters (lactones) is 2. The Bertz CT molecular complexity index is 270. The highest BCUT2D eigenvalue weighted by molar-refractivity contribution is 5.61. The second-order valence-electron chi connectivity index (χ2n) is 7.14. The number of quaternary nitrogens is 1. The first-order chi connectivity index (χ1) is 11.5. The SMILES string of the molecule is CC1COC(=O)O1.CCCC[N+](CCCC)(CCCC)CCCC. The fourth-order valence-electron chi connectivity index (χ4n) is 3.06. The summed E-state index contributed by atoms with van der Waals surface area (Å²) in [6.07, 6.45) is 10.5. The summed E-state index contributed by atoms with van der Waals surface area (Å²) in [5.74, 6) is 0. The molecule has 1 saturated heterocycles. The molecule has 0 amide bonds. The Balaban J connectivity index is 0.000000620. The molecule has 1 unspecified atom stereocenters. The van der Waals surface area contributed by atoms with Crippen LogP contribution in [0.1, 0.15) is 86.0 Å². The van der Waals surface area contributed by atoms with Gasteiger partial charge in [-0.2, -0.15) is 0 Å². The highest BCUT2D eigenvalue weighted by Crippen LogP contribution is 2.16. The third-order valence-corrected chi connectivity index (χ3v) is 4.68. The van der Waals surface area contributed by atoms with Gasteiger partial charge in [0.15, 0.2) is 0 Å². The maximum absolute atomic E-state index is 10.0. The zero-order valence-electron chi connectivity index (χ0n) is 16.9. The summed E-state index contributed by atoms with van der Waals surface area (Å²) in [5, 5.41) is 0. The van der Waals surface area contributed by atoms with Crippen molar-refractivity contribution >= 4 is 6.16 Å². The molecule has 0 bridgehead atoms. The van der Waals surface area contributed by atoms with E-state index in [1.54, 1.807) is 6.92 Å². The molecule has 4 nitrogen and oxygen atoms in total. The molecule has 144 valence electrons. The van der Waals surface area contributed by atoms with Crippen LogP contribution < -0.4 is 0 Å². The van der Waals surface area contributed by atoms with Crippen LogP contribution in [0, 0.1) is 0 Å². The molecule has 0 aliphatic carbocycles. The van der Waals surface area contributed by atoms with E-state index in [9.17, 15) is 4.79 Å². The average Bonchev–Trinajstić information content (AvgIpc) is 2.97. The molecule has 1 fully saturated rings. The molecule has 1 atom stereocenters. The lowest BCUT2D eigenvalue weighted by Crippen LogP contribution is -2.50. The summed E-state index contributed by atoms with van der Waals surface area (Å²) < 4.78 is 10.3. The fourth-order valence-corrected chi connectivity index (χ4v) is 3.06. The Hall–Kier alpha value is -0.770. The van der Waals surface area contributed by atoms with Crippen molar-refractivity contribution in [2.75, 3.05) is 32.8 Å². The van der Waals surface area contributed by atoms with Crippen molar-refractivity contribution in [3.63, 3.8) is 0 Å². The normalized spacial score (nSPS) is 17.0. The number of carbonyl (C=O) groups excluding carboxylic acids is 1. The minimum Gasteiger partial charge on any atom is -0.430 e. The van der Waals surface area contributed by atoms with E-state index in [2.05, 4.69) is 37.2 Å². The standard InChI is InChI=1S/C16H36N.C4H6O3/c1-5-9-13-17(14-10-6-2,15-11-7-3)16-12-8-4;1-3-2-6-4(5)7-3/h5-16H2,1-4H3;3H,2H2,1H3/q+1;. The van der Waals surface area contributed by atoms with Crippen molar-refractivity contribution in [1.82, 2.24) is 0 Å². The van der Waals surface area contributed by atoms with E-state index in [1.165, 1.54) is 82.0 Å². The van der Waals surface area contributed by atoms with Crippen LogP contribution in [0.15, 0.2) is 0 Å². The molecular formula is C20H42NO3+. The monoisotopic (exact) mass is 344 g/mol. The Labute approximate surface area is 150 Å². The molecular weight excluding hydrogens is 302 g/mol. The zero-order valence-corrected chi connectivity index (χ0v) is 16.9. The second-order valence-corrected chi connectivity index (χ2v) is 7.14. The summed E-state index contributed by atoms with van der Waals surface area (Å²) >= 11 is 0. The zero-order chi connectivity index (χ0) is 18.3. The van der Waals surface area contributed by atoms with Crippen LogP contribution in [-0.2, 0) is 9.47 Å². The first-order valence-electron chi connectivity index (χ1n) is 10.2. The maximum Gasteiger partial charge on any atom is 0.508 e. The quantitative estimate of drug-likeness (QED) is 0.344. The Morgan fingerprint density at radius 3 is 1.38 bits per heavy atom. The smallest absolute Gasteiger partial charge is 0.430 e. The molecule has 0 N–H and O–H groups in total. The molecule has 0 aromatic carbocycles. The van der Waals surface area contributed by atoms with Gasteiger partial charge in [0.1, 0.15) is 12.7 Å². The van der Waals surface area contributed by atoms with Gasteiger partial charge in [-0.3, -0.25) is 0 Å². The van der Waals surface area contributed by atoms with E-state index in [-0.39, 0.29) is 6.10 Å². The topological polar surface area (TPSA) is 35.5 Å². The lowest BCUT2D eigenvalue weighted by molar-refractivity contribution is -0.929. The molecule has 0 spiro atoms. The van der Waals surface area contributed by atoms with Crippen molar-refractivity contribution in [1.29, 1.82) is 0 Å². The van der Waals surface area contributed by atoms with Crippen LogP contribution in [0.2, 0.25) is 0 Å². The van der Waals surface area contributed by atoms with E-state index in [0.717, 1.165) is 0 Å². The summed E-state index contributed by atoms with van der Waals surface area (Å²) in [7, 11) is 0. The van der Waals surface area contributed by atoms with Gasteiger partial charge < -0.3 is 14.0 Å². The molecule has 1 rings (SSSR count). The lowest BCUT2D eigenvalue weighted by atomic mass is 10.1. The summed E-state index contributed by atoms with van der Waals surface area (Å²) in [6, 6.07) is 0. The Morgan fingerprint density at radius 2 is 1.21 bits per heavy atom. The fraction of sp³-hybridized carbons (Fsp3) is 0.950. The molecule has 4 heteroatoms. The number of unbranched alkanes of at least 4 members (excludes halogenated alkanes) is 4. The average molecular weight is 345 g/mol. The molecule has 0 radical (unpaired) electrons. The molecule has 0 saturated carbocycles. The van der Waals surface area contributed by atoms with Crippen LogP contribution in [0.25, 0.3) is 0 Å². The number of nitrogens with zero attached hydrogens (tertiary/aromatic N) is 1. The predicted molar refractivity (Wildman–Crippen MR) is 101 cm³/mol. The molecule has 1 heterocycles. The Morgan fingerprint density at radius 1 is 0.833 bits per heavy atom. The summed E-state index contributed by atoms with van der Waals surface area (Å²) in [6.45, 7) is 17.2. The van der Waals surface area contributed by atoms with Crippen LogP contribution in [0.4, 0.5) is 4.79 Å². The van der Waals surface area contributed by atoms with E-state index in [4.69, 9.17) is 0 Å².